The molecular weight excluding hydrogens is 350 g/mol. The summed E-state index contributed by atoms with van der Waals surface area (Å²) in [7, 11) is 0. The van der Waals surface area contributed by atoms with Crippen LogP contribution in [0.15, 0.2) is 6.07 Å². The van der Waals surface area contributed by atoms with E-state index in [-0.39, 0.29) is 0 Å². The van der Waals surface area contributed by atoms with Gasteiger partial charge in [0.2, 0.25) is 5.95 Å². The zero-order valence-electron chi connectivity index (χ0n) is 15.5. The van der Waals surface area contributed by atoms with Gasteiger partial charge in [0.1, 0.15) is 11.6 Å². The Morgan fingerprint density at radius 3 is 2.07 bits per heavy atom. The molecule has 11 heteroatoms. The molecule has 0 atom stereocenters. The lowest BCUT2D eigenvalue weighted by Crippen LogP contribution is -2.39. The van der Waals surface area contributed by atoms with Crippen LogP contribution in [-0.4, -0.2) is 82.8 Å². The average Bonchev–Trinajstić information content (AvgIpc) is 3.21. The molecule has 2 fully saturated rings. The number of nitrogens with one attached hydrogen (secondary N) is 1. The molecule has 2 aliphatic heterocycles. The lowest BCUT2D eigenvalue weighted by molar-refractivity contribution is 0.122. The molecule has 11 nitrogen and oxygen atoms in total. The molecule has 4 heterocycles. The van der Waals surface area contributed by atoms with E-state index in [0.717, 1.165) is 37.8 Å². The first-order valence-corrected chi connectivity index (χ1v) is 9.37. The fourth-order valence-electron chi connectivity index (χ4n) is 3.05. The number of hydrogen-bond donors (Lipinski definition) is 1. The van der Waals surface area contributed by atoms with Crippen LogP contribution in [0, 0.1) is 0 Å². The van der Waals surface area contributed by atoms with Crippen molar-refractivity contribution in [3.63, 3.8) is 0 Å². The van der Waals surface area contributed by atoms with Crippen LogP contribution < -0.4 is 15.1 Å². The van der Waals surface area contributed by atoms with E-state index in [1.54, 1.807) is 4.80 Å². The third-order valence-corrected chi connectivity index (χ3v) is 4.55. The molecule has 2 saturated heterocycles. The molecular formula is C16H25N9O2. The second kappa shape index (κ2) is 8.44. The molecule has 0 aromatic carbocycles. The van der Waals surface area contributed by atoms with Crippen molar-refractivity contribution < 1.29 is 9.47 Å². The minimum absolute atomic E-state index is 0.426. The fourth-order valence-corrected chi connectivity index (χ4v) is 3.05. The first-order chi connectivity index (χ1) is 13.3. The Morgan fingerprint density at radius 1 is 0.963 bits per heavy atom. The van der Waals surface area contributed by atoms with Gasteiger partial charge in [-0.05, 0) is 12.1 Å². The Labute approximate surface area is 157 Å². The highest BCUT2D eigenvalue weighted by molar-refractivity contribution is 5.55. The van der Waals surface area contributed by atoms with E-state index in [1.807, 2.05) is 13.0 Å². The van der Waals surface area contributed by atoms with Crippen LogP contribution in [0.2, 0.25) is 0 Å². The quantitative estimate of drug-likeness (QED) is 0.727. The molecule has 2 aromatic heterocycles. The zero-order valence-corrected chi connectivity index (χ0v) is 15.5. The summed E-state index contributed by atoms with van der Waals surface area (Å²) in [6.45, 7) is 9.24. The van der Waals surface area contributed by atoms with Gasteiger partial charge in [0.05, 0.1) is 39.5 Å². The summed E-state index contributed by atoms with van der Waals surface area (Å²) < 4.78 is 10.9. The predicted octanol–water partition coefficient (Wildman–Crippen LogP) is -0.232. The smallest absolute Gasteiger partial charge is 0.227 e. The second-order valence-corrected chi connectivity index (χ2v) is 6.35. The van der Waals surface area contributed by atoms with Gasteiger partial charge < -0.3 is 24.6 Å². The van der Waals surface area contributed by atoms with E-state index in [2.05, 4.69) is 30.5 Å². The van der Waals surface area contributed by atoms with Gasteiger partial charge in [-0.1, -0.05) is 0 Å². The molecule has 2 aliphatic rings. The maximum absolute atomic E-state index is 5.46. The lowest BCUT2D eigenvalue weighted by atomic mass is 10.3. The van der Waals surface area contributed by atoms with Gasteiger partial charge in [0.15, 0.2) is 5.82 Å². The molecule has 0 saturated carbocycles. The minimum atomic E-state index is 0.426. The van der Waals surface area contributed by atoms with E-state index in [4.69, 9.17) is 19.4 Å². The highest BCUT2D eigenvalue weighted by atomic mass is 16.5. The van der Waals surface area contributed by atoms with E-state index >= 15 is 0 Å². The SMILES string of the molecule is CCn1nnc(CNc2nc(N3CCOCC3)cc(N3CCOCC3)n2)n1. The van der Waals surface area contributed by atoms with Gasteiger partial charge in [-0.15, -0.1) is 10.2 Å². The summed E-state index contributed by atoms with van der Waals surface area (Å²) in [5.74, 6) is 2.99. The molecule has 0 bridgehead atoms. The molecule has 146 valence electrons. The van der Waals surface area contributed by atoms with Crippen molar-refractivity contribution >= 4 is 17.6 Å². The van der Waals surface area contributed by atoms with Crippen molar-refractivity contribution in [1.29, 1.82) is 0 Å². The number of morpholine rings is 2. The van der Waals surface area contributed by atoms with Gasteiger partial charge in [0, 0.05) is 32.2 Å². The summed E-state index contributed by atoms with van der Waals surface area (Å²) in [5.41, 5.74) is 0. The number of aromatic nitrogens is 6. The lowest BCUT2D eigenvalue weighted by Gasteiger charge is -2.31. The highest BCUT2D eigenvalue weighted by Gasteiger charge is 2.19. The van der Waals surface area contributed by atoms with Crippen LogP contribution in [0.5, 0.6) is 0 Å². The van der Waals surface area contributed by atoms with E-state index in [9.17, 15) is 0 Å². The topological polar surface area (TPSA) is 106 Å². The van der Waals surface area contributed by atoms with E-state index < -0.39 is 0 Å². The molecule has 1 N–H and O–H groups in total. The summed E-state index contributed by atoms with van der Waals surface area (Å²) in [6.07, 6.45) is 0. The molecule has 2 aromatic rings. The van der Waals surface area contributed by atoms with Crippen molar-refractivity contribution in [2.24, 2.45) is 0 Å². The number of hydrogen-bond acceptors (Lipinski definition) is 10. The molecule has 0 radical (unpaired) electrons. The standard InChI is InChI=1S/C16H25N9O2/c1-2-25-21-13(20-22-25)12-17-16-18-14(23-3-7-26-8-4-23)11-15(19-16)24-5-9-27-10-6-24/h11H,2-10,12H2,1H3,(H,17,18,19). The number of rotatable bonds is 6. The predicted molar refractivity (Wildman–Crippen MR) is 98.9 cm³/mol. The second-order valence-electron chi connectivity index (χ2n) is 6.35. The normalized spacial score (nSPS) is 18.0. The van der Waals surface area contributed by atoms with Crippen molar-refractivity contribution in [3.8, 4) is 0 Å². The van der Waals surface area contributed by atoms with Crippen LogP contribution in [0.4, 0.5) is 17.6 Å². The number of aryl methyl sites for hydroxylation is 1. The Bertz CT molecular complexity index is 705. The number of ether oxygens (including phenoxy) is 2. The molecule has 4 rings (SSSR count). The van der Waals surface area contributed by atoms with Crippen molar-refractivity contribution in [1.82, 2.24) is 30.2 Å². The Kier molecular flexibility index (Phi) is 5.58. The fraction of sp³-hybridized carbons (Fsp3) is 0.688. The molecule has 27 heavy (non-hydrogen) atoms. The summed E-state index contributed by atoms with van der Waals surface area (Å²) in [6, 6.07) is 2.05. The number of nitrogens with zero attached hydrogens (tertiary/aromatic N) is 8. The zero-order chi connectivity index (χ0) is 18.5. The third-order valence-electron chi connectivity index (χ3n) is 4.55. The Hall–Kier alpha value is -2.53. The molecule has 0 unspecified atom stereocenters. The Balaban J connectivity index is 1.54. The molecule has 0 spiro atoms. The first-order valence-electron chi connectivity index (χ1n) is 9.37. The molecule has 0 aliphatic carbocycles. The van der Waals surface area contributed by atoms with E-state index in [1.165, 1.54) is 0 Å². The van der Waals surface area contributed by atoms with Gasteiger partial charge in [-0.3, -0.25) is 0 Å². The first kappa shape index (κ1) is 17.9. The van der Waals surface area contributed by atoms with Crippen LogP contribution in [0.3, 0.4) is 0 Å². The van der Waals surface area contributed by atoms with Gasteiger partial charge in [-0.2, -0.15) is 14.8 Å². The number of tetrazole rings is 1. The summed E-state index contributed by atoms with van der Waals surface area (Å²) in [4.78, 5) is 15.4. The molecule has 0 amide bonds. The van der Waals surface area contributed by atoms with Gasteiger partial charge in [-0.25, -0.2) is 0 Å². The van der Waals surface area contributed by atoms with Crippen LogP contribution in [-0.2, 0) is 22.6 Å². The maximum atomic E-state index is 5.46. The maximum Gasteiger partial charge on any atom is 0.227 e. The average molecular weight is 375 g/mol. The van der Waals surface area contributed by atoms with Gasteiger partial charge in [0.25, 0.3) is 0 Å². The summed E-state index contributed by atoms with van der Waals surface area (Å²) in [5, 5.41) is 15.5. The minimum Gasteiger partial charge on any atom is -0.378 e. The highest BCUT2D eigenvalue weighted by Crippen LogP contribution is 2.23. The van der Waals surface area contributed by atoms with E-state index in [0.29, 0.717) is 51.3 Å². The van der Waals surface area contributed by atoms with Crippen LogP contribution in [0.1, 0.15) is 12.7 Å². The number of anilines is 3. The van der Waals surface area contributed by atoms with Crippen molar-refractivity contribution in [2.45, 2.75) is 20.0 Å². The Morgan fingerprint density at radius 2 is 1.56 bits per heavy atom. The van der Waals surface area contributed by atoms with Crippen LogP contribution >= 0.6 is 0 Å². The monoisotopic (exact) mass is 375 g/mol. The van der Waals surface area contributed by atoms with Crippen molar-refractivity contribution in [3.05, 3.63) is 11.9 Å². The van der Waals surface area contributed by atoms with Gasteiger partial charge >= 0.3 is 0 Å². The largest absolute Gasteiger partial charge is 0.378 e. The van der Waals surface area contributed by atoms with Crippen molar-refractivity contribution in [2.75, 3.05) is 67.7 Å². The third kappa shape index (κ3) is 4.42. The van der Waals surface area contributed by atoms with Crippen LogP contribution in [0.25, 0.3) is 0 Å². The summed E-state index contributed by atoms with van der Waals surface area (Å²) >= 11 is 0.